The predicted octanol–water partition coefficient (Wildman–Crippen LogP) is 2.88. The molecule has 2 aliphatic rings. The fourth-order valence-electron chi connectivity index (χ4n) is 2.57. The molecule has 0 bridgehead atoms. The average Bonchev–Trinajstić information content (AvgIpc) is 2.55. The Kier molecular flexibility index (Phi) is 5.20. The molecule has 0 spiro atoms. The molecular weight excluding hydrogens is 352 g/mol. The molecule has 120 valence electrons. The van der Waals surface area contributed by atoms with Gasteiger partial charge in [0, 0.05) is 11.1 Å². The van der Waals surface area contributed by atoms with E-state index in [2.05, 4.69) is 15.9 Å². The summed E-state index contributed by atoms with van der Waals surface area (Å²) in [6.07, 6.45) is 3.43. The molecule has 6 heteroatoms. The van der Waals surface area contributed by atoms with Crippen LogP contribution in [0.15, 0.2) is 16.6 Å². The van der Waals surface area contributed by atoms with Crippen molar-refractivity contribution in [3.8, 4) is 11.5 Å². The highest BCUT2D eigenvalue weighted by Gasteiger charge is 2.19. The second-order valence-corrected chi connectivity index (χ2v) is 6.29. The molecule has 2 aliphatic heterocycles. The monoisotopic (exact) mass is 370 g/mol. The van der Waals surface area contributed by atoms with E-state index < -0.39 is 0 Å². The maximum absolute atomic E-state index is 12.0. The minimum atomic E-state index is -0.258. The summed E-state index contributed by atoms with van der Waals surface area (Å²) in [7, 11) is 0. The van der Waals surface area contributed by atoms with Crippen molar-refractivity contribution in [3.05, 3.63) is 22.2 Å². The van der Waals surface area contributed by atoms with Gasteiger partial charge in [-0.15, -0.1) is 0 Å². The lowest BCUT2D eigenvalue weighted by atomic mass is 10.1. The Morgan fingerprint density at radius 2 is 1.95 bits per heavy atom. The summed E-state index contributed by atoms with van der Waals surface area (Å²) in [5.74, 6) is 1.12. The van der Waals surface area contributed by atoms with Crippen molar-refractivity contribution in [2.45, 2.75) is 31.8 Å². The summed E-state index contributed by atoms with van der Waals surface area (Å²) in [6.45, 7) is 2.16. The standard InChI is InChI=1S/C16H19BrO5/c17-13-9-15-14(20-5-6-21-15)7-11(13)8-16(18)22-10-12-3-1-2-4-19-12/h7,9,12H,1-6,8,10H2. The van der Waals surface area contributed by atoms with Gasteiger partial charge in [0.25, 0.3) is 0 Å². The third-order valence-corrected chi connectivity index (χ3v) is 4.49. The highest BCUT2D eigenvalue weighted by molar-refractivity contribution is 9.10. The molecule has 0 N–H and O–H groups in total. The van der Waals surface area contributed by atoms with Crippen molar-refractivity contribution in [2.75, 3.05) is 26.4 Å². The zero-order valence-corrected chi connectivity index (χ0v) is 13.9. The SMILES string of the molecule is O=C(Cc1cc2c(cc1Br)OCCO2)OCC1CCCCO1. The Morgan fingerprint density at radius 3 is 2.68 bits per heavy atom. The van der Waals surface area contributed by atoms with Crippen LogP contribution in [0, 0.1) is 0 Å². The summed E-state index contributed by atoms with van der Waals surface area (Å²) in [6, 6.07) is 3.66. The fraction of sp³-hybridized carbons (Fsp3) is 0.562. The number of hydrogen-bond donors (Lipinski definition) is 0. The van der Waals surface area contributed by atoms with Crippen molar-refractivity contribution in [1.29, 1.82) is 0 Å². The summed E-state index contributed by atoms with van der Waals surface area (Å²) < 4.78 is 22.7. The molecule has 1 aromatic carbocycles. The summed E-state index contributed by atoms with van der Waals surface area (Å²) >= 11 is 3.46. The van der Waals surface area contributed by atoms with Crippen LogP contribution in [0.1, 0.15) is 24.8 Å². The third kappa shape index (κ3) is 3.93. The first kappa shape index (κ1) is 15.6. The van der Waals surface area contributed by atoms with Crippen LogP contribution >= 0.6 is 15.9 Å². The first-order valence-electron chi connectivity index (χ1n) is 7.57. The zero-order valence-electron chi connectivity index (χ0n) is 12.3. The summed E-state index contributed by atoms with van der Waals surface area (Å²) in [4.78, 5) is 12.0. The van der Waals surface area contributed by atoms with Crippen LogP contribution in [0.5, 0.6) is 11.5 Å². The molecule has 0 saturated carbocycles. The van der Waals surface area contributed by atoms with Crippen molar-refractivity contribution >= 4 is 21.9 Å². The van der Waals surface area contributed by atoms with E-state index in [4.69, 9.17) is 18.9 Å². The van der Waals surface area contributed by atoms with Crippen molar-refractivity contribution in [2.24, 2.45) is 0 Å². The fourth-order valence-corrected chi connectivity index (χ4v) is 3.04. The maximum atomic E-state index is 12.0. The number of hydrogen-bond acceptors (Lipinski definition) is 5. The molecule has 2 heterocycles. The minimum absolute atomic E-state index is 0.0430. The number of halogens is 1. The van der Waals surface area contributed by atoms with E-state index in [1.807, 2.05) is 12.1 Å². The number of ether oxygens (including phenoxy) is 4. The van der Waals surface area contributed by atoms with E-state index in [-0.39, 0.29) is 18.5 Å². The highest BCUT2D eigenvalue weighted by Crippen LogP contribution is 2.35. The first-order valence-corrected chi connectivity index (χ1v) is 8.37. The Hall–Kier alpha value is -1.27. The van der Waals surface area contributed by atoms with Crippen LogP contribution in [-0.2, 0) is 20.7 Å². The van der Waals surface area contributed by atoms with E-state index in [9.17, 15) is 4.79 Å². The highest BCUT2D eigenvalue weighted by atomic mass is 79.9. The summed E-state index contributed by atoms with van der Waals surface area (Å²) in [5, 5.41) is 0. The zero-order chi connectivity index (χ0) is 15.4. The van der Waals surface area contributed by atoms with Gasteiger partial charge in [0.1, 0.15) is 19.8 Å². The molecule has 3 rings (SSSR count). The number of rotatable bonds is 4. The van der Waals surface area contributed by atoms with Gasteiger partial charge in [0.05, 0.1) is 12.5 Å². The van der Waals surface area contributed by atoms with Crippen molar-refractivity contribution in [3.63, 3.8) is 0 Å². The lowest BCUT2D eigenvalue weighted by Gasteiger charge is -2.22. The summed E-state index contributed by atoms with van der Waals surface area (Å²) in [5.41, 5.74) is 0.832. The quantitative estimate of drug-likeness (QED) is 0.762. The number of carbonyl (C=O) groups excluding carboxylic acids is 1. The Morgan fingerprint density at radius 1 is 1.18 bits per heavy atom. The third-order valence-electron chi connectivity index (χ3n) is 3.75. The normalized spacial score (nSPS) is 20.5. The van der Waals surface area contributed by atoms with Crippen LogP contribution in [-0.4, -0.2) is 38.5 Å². The van der Waals surface area contributed by atoms with Crippen LogP contribution in [0.25, 0.3) is 0 Å². The topological polar surface area (TPSA) is 54.0 Å². The van der Waals surface area contributed by atoms with Crippen LogP contribution in [0.3, 0.4) is 0 Å². The molecule has 0 radical (unpaired) electrons. The molecule has 1 saturated heterocycles. The van der Waals surface area contributed by atoms with Gasteiger partial charge in [-0.3, -0.25) is 4.79 Å². The molecule has 0 aliphatic carbocycles. The molecule has 0 amide bonds. The molecule has 1 fully saturated rings. The Bertz CT molecular complexity index is 540. The number of benzene rings is 1. The largest absolute Gasteiger partial charge is 0.486 e. The molecule has 22 heavy (non-hydrogen) atoms. The van der Waals surface area contributed by atoms with Gasteiger partial charge in [-0.1, -0.05) is 15.9 Å². The first-order chi connectivity index (χ1) is 10.7. The molecule has 1 aromatic rings. The Labute approximate surface area is 138 Å². The lowest BCUT2D eigenvalue weighted by Crippen LogP contribution is -2.26. The van der Waals surface area contributed by atoms with Crippen LogP contribution in [0.4, 0.5) is 0 Å². The van der Waals surface area contributed by atoms with E-state index in [0.29, 0.717) is 31.3 Å². The minimum Gasteiger partial charge on any atom is -0.486 e. The number of fused-ring (bicyclic) bond motifs is 1. The molecular formula is C16H19BrO5. The van der Waals surface area contributed by atoms with Crippen molar-refractivity contribution < 1.29 is 23.7 Å². The van der Waals surface area contributed by atoms with Crippen LogP contribution < -0.4 is 9.47 Å². The predicted molar refractivity (Wildman–Crippen MR) is 83.4 cm³/mol. The van der Waals surface area contributed by atoms with Gasteiger partial charge in [-0.2, -0.15) is 0 Å². The van der Waals surface area contributed by atoms with Gasteiger partial charge in [0.15, 0.2) is 11.5 Å². The second-order valence-electron chi connectivity index (χ2n) is 5.44. The van der Waals surface area contributed by atoms with Gasteiger partial charge < -0.3 is 18.9 Å². The molecule has 1 unspecified atom stereocenters. The van der Waals surface area contributed by atoms with E-state index in [1.165, 1.54) is 0 Å². The number of esters is 1. The maximum Gasteiger partial charge on any atom is 0.310 e. The second kappa shape index (κ2) is 7.33. The molecule has 5 nitrogen and oxygen atoms in total. The number of carbonyl (C=O) groups is 1. The van der Waals surface area contributed by atoms with E-state index in [0.717, 1.165) is 35.9 Å². The van der Waals surface area contributed by atoms with Gasteiger partial charge in [0.2, 0.25) is 0 Å². The van der Waals surface area contributed by atoms with E-state index in [1.54, 1.807) is 0 Å². The lowest BCUT2D eigenvalue weighted by molar-refractivity contribution is -0.148. The Balaban J connectivity index is 1.56. The average molecular weight is 371 g/mol. The smallest absolute Gasteiger partial charge is 0.310 e. The van der Waals surface area contributed by atoms with Gasteiger partial charge >= 0.3 is 5.97 Å². The van der Waals surface area contributed by atoms with Crippen molar-refractivity contribution in [1.82, 2.24) is 0 Å². The molecule has 1 atom stereocenters. The molecule has 0 aromatic heterocycles. The van der Waals surface area contributed by atoms with Gasteiger partial charge in [-0.25, -0.2) is 0 Å². The van der Waals surface area contributed by atoms with Gasteiger partial charge in [-0.05, 0) is 37.0 Å². The van der Waals surface area contributed by atoms with Crippen LogP contribution in [0.2, 0.25) is 0 Å². The van der Waals surface area contributed by atoms with E-state index >= 15 is 0 Å².